The fraction of sp³-hybridized carbons (Fsp3) is 0.421. The van der Waals surface area contributed by atoms with Crippen molar-refractivity contribution in [2.45, 2.75) is 32.7 Å². The highest BCUT2D eigenvalue weighted by Gasteiger charge is 2.12. The van der Waals surface area contributed by atoms with Crippen LogP contribution in [0.25, 0.3) is 5.57 Å². The van der Waals surface area contributed by atoms with Crippen molar-refractivity contribution in [2.24, 2.45) is 0 Å². The van der Waals surface area contributed by atoms with Gasteiger partial charge in [0, 0.05) is 18.7 Å². The van der Waals surface area contributed by atoms with E-state index in [0.717, 1.165) is 24.2 Å². The highest BCUT2D eigenvalue weighted by molar-refractivity contribution is 6.29. The second-order valence-electron chi connectivity index (χ2n) is 5.90. The number of nitrogens with one attached hydrogen (secondary N) is 2. The van der Waals surface area contributed by atoms with E-state index in [1.165, 1.54) is 37.9 Å². The van der Waals surface area contributed by atoms with Crippen molar-refractivity contribution in [2.75, 3.05) is 19.6 Å². The molecule has 1 saturated heterocycles. The molecule has 0 aliphatic carbocycles. The number of benzene rings is 1. The van der Waals surface area contributed by atoms with E-state index in [0.29, 0.717) is 11.4 Å². The van der Waals surface area contributed by atoms with E-state index in [9.17, 15) is 0 Å². The lowest BCUT2D eigenvalue weighted by Crippen LogP contribution is -2.29. The van der Waals surface area contributed by atoms with Gasteiger partial charge in [0.2, 0.25) is 0 Å². The summed E-state index contributed by atoms with van der Waals surface area (Å²) in [6.07, 6.45) is 4.00. The predicted octanol–water partition coefficient (Wildman–Crippen LogP) is 3.83. The molecule has 2 rings (SSSR count). The van der Waals surface area contributed by atoms with Crippen LogP contribution in [0.3, 0.4) is 0 Å². The minimum atomic E-state index is 0.380. The van der Waals surface area contributed by atoms with Crippen LogP contribution in [0.2, 0.25) is 0 Å². The van der Waals surface area contributed by atoms with Crippen LogP contribution in [0.5, 0.6) is 0 Å². The van der Waals surface area contributed by atoms with Gasteiger partial charge in [-0.25, -0.2) is 0 Å². The summed E-state index contributed by atoms with van der Waals surface area (Å²) < 4.78 is 0. The molecular formula is C19H27N3. The smallest absolute Gasteiger partial charge is 0.0837 e. The van der Waals surface area contributed by atoms with Crippen molar-refractivity contribution in [3.63, 3.8) is 0 Å². The Labute approximate surface area is 134 Å². The number of allylic oxidation sites excluding steroid dienone is 1. The van der Waals surface area contributed by atoms with Crippen molar-refractivity contribution in [1.82, 2.24) is 10.2 Å². The summed E-state index contributed by atoms with van der Waals surface area (Å²) in [5, 5.41) is 11.2. The molecule has 0 spiro atoms. The van der Waals surface area contributed by atoms with E-state index in [2.05, 4.69) is 47.6 Å². The van der Waals surface area contributed by atoms with Gasteiger partial charge in [-0.15, -0.1) is 0 Å². The normalized spacial score (nSPS) is 15.3. The lowest BCUT2D eigenvalue weighted by molar-refractivity contribution is 0.221. The van der Waals surface area contributed by atoms with E-state index in [4.69, 9.17) is 5.41 Å². The highest BCUT2D eigenvalue weighted by atomic mass is 15.1. The average molecular weight is 297 g/mol. The zero-order valence-electron chi connectivity index (χ0n) is 13.6. The van der Waals surface area contributed by atoms with Gasteiger partial charge in [0.05, 0.1) is 11.4 Å². The molecule has 2 N–H and O–H groups in total. The quantitative estimate of drug-likeness (QED) is 0.751. The molecule has 0 aromatic heterocycles. The van der Waals surface area contributed by atoms with E-state index in [-0.39, 0.29) is 0 Å². The van der Waals surface area contributed by atoms with Gasteiger partial charge in [-0.3, -0.25) is 10.3 Å². The monoisotopic (exact) mass is 297 g/mol. The van der Waals surface area contributed by atoms with E-state index in [1.54, 1.807) is 0 Å². The van der Waals surface area contributed by atoms with Crippen LogP contribution in [-0.4, -0.2) is 30.2 Å². The number of rotatable bonds is 7. The van der Waals surface area contributed by atoms with Gasteiger partial charge in [-0.1, -0.05) is 43.8 Å². The largest absolute Gasteiger partial charge is 0.384 e. The number of hydrogen-bond donors (Lipinski definition) is 2. The molecule has 1 heterocycles. The first-order valence-corrected chi connectivity index (χ1v) is 8.14. The number of nitrogens with zero attached hydrogens (tertiary/aromatic N) is 1. The van der Waals surface area contributed by atoms with Crippen molar-refractivity contribution >= 4 is 11.3 Å². The van der Waals surface area contributed by atoms with Crippen molar-refractivity contribution in [1.29, 1.82) is 5.41 Å². The molecular weight excluding hydrogens is 270 g/mol. The maximum absolute atomic E-state index is 8.13. The summed E-state index contributed by atoms with van der Waals surface area (Å²) in [5.74, 6) is 0. The van der Waals surface area contributed by atoms with E-state index in [1.807, 2.05) is 6.92 Å². The Morgan fingerprint density at radius 3 is 2.36 bits per heavy atom. The molecule has 0 radical (unpaired) electrons. The molecule has 0 saturated carbocycles. The maximum atomic E-state index is 8.13. The first-order chi connectivity index (χ1) is 10.6. The summed E-state index contributed by atoms with van der Waals surface area (Å²) in [4.78, 5) is 2.52. The topological polar surface area (TPSA) is 39.1 Å². The van der Waals surface area contributed by atoms with Crippen LogP contribution in [0.1, 0.15) is 37.3 Å². The van der Waals surface area contributed by atoms with Gasteiger partial charge in [0.15, 0.2) is 0 Å². The minimum absolute atomic E-state index is 0.380. The zero-order valence-corrected chi connectivity index (χ0v) is 13.6. The van der Waals surface area contributed by atoms with Crippen molar-refractivity contribution < 1.29 is 0 Å². The summed E-state index contributed by atoms with van der Waals surface area (Å²) in [6, 6.07) is 8.43. The fourth-order valence-electron chi connectivity index (χ4n) is 2.82. The number of hydrogen-bond acceptors (Lipinski definition) is 3. The third kappa shape index (κ3) is 4.31. The third-order valence-electron chi connectivity index (χ3n) is 4.15. The summed E-state index contributed by atoms with van der Waals surface area (Å²) in [5.41, 5.74) is 4.05. The molecule has 1 aromatic rings. The van der Waals surface area contributed by atoms with Gasteiger partial charge in [-0.2, -0.15) is 0 Å². The fourth-order valence-corrected chi connectivity index (χ4v) is 2.82. The van der Waals surface area contributed by atoms with E-state index < -0.39 is 0 Å². The second kappa shape index (κ2) is 7.95. The Bertz CT molecular complexity index is 536. The summed E-state index contributed by atoms with van der Waals surface area (Å²) >= 11 is 0. The molecule has 3 heteroatoms. The number of likely N-dealkylation sites (tertiary alicyclic amines) is 1. The SMILES string of the molecule is C=C(NCC)C(=N)C(=C)c1ccc(CN2CCCCC2)cc1. The Balaban J connectivity index is 1.97. The van der Waals surface area contributed by atoms with Gasteiger partial charge in [0.25, 0.3) is 0 Å². The molecule has 22 heavy (non-hydrogen) atoms. The molecule has 1 aromatic carbocycles. The Kier molecular flexibility index (Phi) is 5.96. The molecule has 118 valence electrons. The Morgan fingerprint density at radius 2 is 1.77 bits per heavy atom. The minimum Gasteiger partial charge on any atom is -0.384 e. The number of piperidine rings is 1. The first kappa shape index (κ1) is 16.5. The molecule has 3 nitrogen and oxygen atoms in total. The molecule has 1 aliphatic heterocycles. The summed E-state index contributed by atoms with van der Waals surface area (Å²) in [6.45, 7) is 14.1. The van der Waals surface area contributed by atoms with Crippen LogP contribution in [0.15, 0.2) is 43.1 Å². The lowest BCUT2D eigenvalue weighted by Gasteiger charge is -2.26. The Morgan fingerprint density at radius 1 is 1.14 bits per heavy atom. The summed E-state index contributed by atoms with van der Waals surface area (Å²) in [7, 11) is 0. The third-order valence-corrected chi connectivity index (χ3v) is 4.15. The molecule has 0 bridgehead atoms. The molecule has 1 fully saturated rings. The van der Waals surface area contributed by atoms with Gasteiger partial charge in [0.1, 0.15) is 0 Å². The van der Waals surface area contributed by atoms with Crippen molar-refractivity contribution in [3.8, 4) is 0 Å². The highest BCUT2D eigenvalue weighted by Crippen LogP contribution is 2.19. The van der Waals surface area contributed by atoms with Gasteiger partial charge >= 0.3 is 0 Å². The zero-order chi connectivity index (χ0) is 15.9. The molecule has 0 amide bonds. The van der Waals surface area contributed by atoms with E-state index >= 15 is 0 Å². The molecule has 0 unspecified atom stereocenters. The Hall–Kier alpha value is -1.87. The first-order valence-electron chi connectivity index (χ1n) is 8.14. The van der Waals surface area contributed by atoms with Crippen LogP contribution in [0, 0.1) is 5.41 Å². The molecule has 0 atom stereocenters. The van der Waals surface area contributed by atoms with Gasteiger partial charge < -0.3 is 5.32 Å². The predicted molar refractivity (Wildman–Crippen MR) is 95.1 cm³/mol. The van der Waals surface area contributed by atoms with Crippen LogP contribution in [-0.2, 0) is 6.54 Å². The standard InChI is InChI=1S/C19H27N3/c1-4-21-16(3)19(20)15(2)18-10-8-17(9-11-18)14-22-12-6-5-7-13-22/h8-11,20-21H,2-7,12-14H2,1H3. The van der Waals surface area contributed by atoms with Crippen LogP contribution >= 0.6 is 0 Å². The van der Waals surface area contributed by atoms with Crippen LogP contribution < -0.4 is 5.32 Å². The van der Waals surface area contributed by atoms with Crippen molar-refractivity contribution in [3.05, 3.63) is 54.2 Å². The van der Waals surface area contributed by atoms with Gasteiger partial charge in [-0.05, 0) is 44.0 Å². The van der Waals surface area contributed by atoms with Crippen LogP contribution in [0.4, 0.5) is 0 Å². The second-order valence-corrected chi connectivity index (χ2v) is 5.90. The molecule has 1 aliphatic rings. The maximum Gasteiger partial charge on any atom is 0.0837 e. The average Bonchev–Trinajstić information content (AvgIpc) is 2.55. The lowest BCUT2D eigenvalue weighted by atomic mass is 9.99.